The van der Waals surface area contributed by atoms with E-state index < -0.39 is 17.4 Å². The smallest absolute Gasteiger partial charge is 0.323 e. The number of carbonyl (C=O) groups is 2. The predicted molar refractivity (Wildman–Crippen MR) is 139 cm³/mol. The third-order valence-corrected chi connectivity index (χ3v) is 7.07. The monoisotopic (exact) mass is 477 g/mol. The lowest BCUT2D eigenvalue weighted by atomic mass is 9.84. The average Bonchev–Trinajstić information content (AvgIpc) is 3.21. The van der Waals surface area contributed by atoms with Crippen LogP contribution in [0.4, 0.5) is 0 Å². The van der Waals surface area contributed by atoms with Crippen molar-refractivity contribution in [3.05, 3.63) is 113 Å². The van der Waals surface area contributed by atoms with Gasteiger partial charge in [-0.25, -0.2) is 0 Å². The van der Waals surface area contributed by atoms with Crippen molar-refractivity contribution in [1.82, 2.24) is 4.98 Å². The number of ether oxygens (including phenoxy) is 1. The highest BCUT2D eigenvalue weighted by Crippen LogP contribution is 2.44. The van der Waals surface area contributed by atoms with E-state index in [4.69, 9.17) is 4.74 Å². The molecule has 0 saturated carbocycles. The number of hydrogen-bond acceptors (Lipinski definition) is 4. The second-order valence-corrected chi connectivity index (χ2v) is 9.51. The Kier molecular flexibility index (Phi) is 6.15. The van der Waals surface area contributed by atoms with Crippen LogP contribution < -0.4 is 0 Å². The van der Waals surface area contributed by atoms with Crippen molar-refractivity contribution < 1.29 is 19.4 Å². The first-order valence-corrected chi connectivity index (χ1v) is 12.0. The van der Waals surface area contributed by atoms with E-state index in [-0.39, 0.29) is 18.9 Å². The van der Waals surface area contributed by atoms with E-state index in [1.54, 1.807) is 6.20 Å². The van der Waals surface area contributed by atoms with Crippen LogP contribution in [0.1, 0.15) is 35.1 Å². The number of rotatable bonds is 7. The fraction of sp³-hybridized carbons (Fsp3) is 0.194. The standard InChI is InChI=1S/C31H27NO4/c1-20-9-3-4-10-22(20)28-16-15-21(18-32-28)17-31(2,29(33)34)30(35)36-19-27-25-13-7-5-11-23(25)24-12-6-8-14-26(24)27/h3-16,18,27H,17,19H2,1-2H3,(H,33,34). The van der Waals surface area contributed by atoms with Crippen molar-refractivity contribution in [2.45, 2.75) is 26.2 Å². The Morgan fingerprint density at radius 3 is 2.00 bits per heavy atom. The van der Waals surface area contributed by atoms with Crippen LogP contribution in [0, 0.1) is 12.3 Å². The maximum atomic E-state index is 13.2. The maximum absolute atomic E-state index is 13.2. The molecule has 0 fully saturated rings. The van der Waals surface area contributed by atoms with E-state index in [2.05, 4.69) is 17.1 Å². The first-order valence-electron chi connectivity index (χ1n) is 12.0. The van der Waals surface area contributed by atoms with Crippen molar-refractivity contribution in [2.24, 2.45) is 5.41 Å². The van der Waals surface area contributed by atoms with Gasteiger partial charge in [0.1, 0.15) is 6.61 Å². The van der Waals surface area contributed by atoms with Gasteiger partial charge in [0.2, 0.25) is 0 Å². The number of nitrogens with zero attached hydrogens (tertiary/aromatic N) is 1. The lowest BCUT2D eigenvalue weighted by molar-refractivity contribution is -0.167. The van der Waals surface area contributed by atoms with Gasteiger partial charge in [-0.05, 0) is 53.3 Å². The van der Waals surface area contributed by atoms with Gasteiger partial charge < -0.3 is 9.84 Å². The molecule has 4 aromatic rings. The molecule has 1 aromatic heterocycles. The van der Waals surface area contributed by atoms with Crippen LogP contribution in [-0.2, 0) is 20.7 Å². The van der Waals surface area contributed by atoms with E-state index in [0.29, 0.717) is 5.56 Å². The van der Waals surface area contributed by atoms with Gasteiger partial charge in [0, 0.05) is 24.1 Å². The minimum atomic E-state index is -1.73. The number of carbonyl (C=O) groups excluding carboxylic acids is 1. The van der Waals surface area contributed by atoms with Gasteiger partial charge in [0.25, 0.3) is 0 Å². The third kappa shape index (κ3) is 4.17. The largest absolute Gasteiger partial charge is 0.480 e. The van der Waals surface area contributed by atoms with Gasteiger partial charge >= 0.3 is 11.9 Å². The summed E-state index contributed by atoms with van der Waals surface area (Å²) in [5, 5.41) is 10.0. The van der Waals surface area contributed by atoms with Gasteiger partial charge in [-0.2, -0.15) is 0 Å². The number of fused-ring (bicyclic) bond motifs is 3. The van der Waals surface area contributed by atoms with E-state index in [1.165, 1.54) is 6.92 Å². The molecule has 36 heavy (non-hydrogen) atoms. The van der Waals surface area contributed by atoms with Crippen LogP contribution >= 0.6 is 0 Å². The van der Waals surface area contributed by atoms with Gasteiger partial charge in [-0.3, -0.25) is 14.6 Å². The number of esters is 1. The first-order chi connectivity index (χ1) is 17.4. The van der Waals surface area contributed by atoms with E-state index in [0.717, 1.165) is 39.1 Å². The van der Waals surface area contributed by atoms with Crippen LogP contribution in [0.25, 0.3) is 22.4 Å². The van der Waals surface area contributed by atoms with Gasteiger partial charge in [-0.1, -0.05) is 78.9 Å². The summed E-state index contributed by atoms with van der Waals surface area (Å²) in [4.78, 5) is 30.0. The van der Waals surface area contributed by atoms with Crippen LogP contribution in [0.5, 0.6) is 0 Å². The maximum Gasteiger partial charge on any atom is 0.323 e. The van der Waals surface area contributed by atoms with E-state index in [1.807, 2.05) is 79.7 Å². The lowest BCUT2D eigenvalue weighted by Crippen LogP contribution is -2.40. The number of hydrogen-bond donors (Lipinski definition) is 1. The SMILES string of the molecule is Cc1ccccc1-c1ccc(CC(C)(C(=O)O)C(=O)OCC2c3ccccc3-c3ccccc32)cn1. The Morgan fingerprint density at radius 2 is 1.44 bits per heavy atom. The number of aliphatic carboxylic acids is 1. The summed E-state index contributed by atoms with van der Waals surface area (Å²) in [5.74, 6) is -2.10. The van der Waals surface area contributed by atoms with Crippen molar-refractivity contribution in [3.8, 4) is 22.4 Å². The molecule has 0 spiro atoms. The Morgan fingerprint density at radius 1 is 0.861 bits per heavy atom. The van der Waals surface area contributed by atoms with Crippen LogP contribution in [-0.4, -0.2) is 28.6 Å². The Labute approximate surface area is 210 Å². The highest BCUT2D eigenvalue weighted by Gasteiger charge is 2.44. The van der Waals surface area contributed by atoms with Crippen molar-refractivity contribution in [2.75, 3.05) is 6.61 Å². The zero-order valence-corrected chi connectivity index (χ0v) is 20.3. The predicted octanol–water partition coefficient (Wildman–Crippen LogP) is 6.05. The molecule has 5 nitrogen and oxygen atoms in total. The molecule has 1 N–H and O–H groups in total. The second-order valence-electron chi connectivity index (χ2n) is 9.51. The van der Waals surface area contributed by atoms with Crippen LogP contribution in [0.15, 0.2) is 91.1 Å². The topological polar surface area (TPSA) is 76.5 Å². The number of aromatic nitrogens is 1. The molecular weight excluding hydrogens is 450 g/mol. The fourth-order valence-corrected chi connectivity index (χ4v) is 4.95. The Balaban J connectivity index is 1.34. The molecule has 1 heterocycles. The summed E-state index contributed by atoms with van der Waals surface area (Å²) in [5.41, 5.74) is 6.25. The van der Waals surface area contributed by atoms with E-state index >= 15 is 0 Å². The number of benzene rings is 3. The quantitative estimate of drug-likeness (QED) is 0.259. The molecule has 1 atom stereocenters. The van der Waals surface area contributed by atoms with Crippen molar-refractivity contribution in [3.63, 3.8) is 0 Å². The molecule has 180 valence electrons. The summed E-state index contributed by atoms with van der Waals surface area (Å²) >= 11 is 0. The summed E-state index contributed by atoms with van der Waals surface area (Å²) in [6.07, 6.45) is 1.62. The molecule has 0 amide bonds. The Hall–Kier alpha value is -4.25. The van der Waals surface area contributed by atoms with Crippen LogP contribution in [0.2, 0.25) is 0 Å². The number of carboxylic acid groups (broad SMARTS) is 1. The molecule has 0 radical (unpaired) electrons. The summed E-state index contributed by atoms with van der Waals surface area (Å²) in [6, 6.07) is 27.7. The van der Waals surface area contributed by atoms with Crippen molar-refractivity contribution >= 4 is 11.9 Å². The lowest BCUT2D eigenvalue weighted by Gasteiger charge is -2.24. The Bertz CT molecular complexity index is 1400. The highest BCUT2D eigenvalue weighted by molar-refractivity contribution is 5.99. The fourth-order valence-electron chi connectivity index (χ4n) is 4.95. The molecule has 0 aliphatic heterocycles. The minimum absolute atomic E-state index is 0.0138. The summed E-state index contributed by atoms with van der Waals surface area (Å²) in [6.45, 7) is 3.52. The number of carboxylic acids is 1. The van der Waals surface area contributed by atoms with Gasteiger partial charge in [0.05, 0.1) is 5.69 Å². The van der Waals surface area contributed by atoms with Crippen LogP contribution in [0.3, 0.4) is 0 Å². The normalized spacial score (nSPS) is 13.9. The molecule has 0 bridgehead atoms. The zero-order chi connectivity index (χ0) is 25.3. The number of pyridine rings is 1. The molecule has 5 heteroatoms. The minimum Gasteiger partial charge on any atom is -0.480 e. The number of aryl methyl sites for hydroxylation is 1. The van der Waals surface area contributed by atoms with Gasteiger partial charge in [-0.15, -0.1) is 0 Å². The van der Waals surface area contributed by atoms with E-state index in [9.17, 15) is 14.7 Å². The molecule has 3 aromatic carbocycles. The average molecular weight is 478 g/mol. The van der Waals surface area contributed by atoms with Gasteiger partial charge in [0.15, 0.2) is 5.41 Å². The summed E-state index contributed by atoms with van der Waals surface area (Å²) in [7, 11) is 0. The molecule has 1 unspecified atom stereocenters. The first kappa shape index (κ1) is 23.5. The molecule has 0 saturated heterocycles. The molecular formula is C31H27NO4. The highest BCUT2D eigenvalue weighted by atomic mass is 16.5. The summed E-state index contributed by atoms with van der Waals surface area (Å²) < 4.78 is 5.71. The second kappa shape index (κ2) is 9.42. The van der Waals surface area contributed by atoms with Crippen molar-refractivity contribution in [1.29, 1.82) is 0 Å². The zero-order valence-electron chi connectivity index (χ0n) is 20.3. The third-order valence-electron chi connectivity index (χ3n) is 7.07. The molecule has 5 rings (SSSR count). The molecule has 1 aliphatic carbocycles. The molecule has 1 aliphatic rings.